The zero-order valence-electron chi connectivity index (χ0n) is 12.4. The molecule has 0 saturated heterocycles. The van der Waals surface area contributed by atoms with Gasteiger partial charge >= 0.3 is 5.97 Å². The van der Waals surface area contributed by atoms with Crippen LogP contribution in [0.15, 0.2) is 0 Å². The van der Waals surface area contributed by atoms with Gasteiger partial charge in [-0.2, -0.15) is 0 Å². The van der Waals surface area contributed by atoms with Crippen LogP contribution in [0.3, 0.4) is 0 Å². The van der Waals surface area contributed by atoms with Crippen molar-refractivity contribution in [3.63, 3.8) is 0 Å². The number of aliphatic carboxylic acids is 1. The largest absolute Gasteiger partial charge is 0.481 e. The summed E-state index contributed by atoms with van der Waals surface area (Å²) in [7, 11) is 0. The molecule has 0 aromatic rings. The molecule has 4 heteroatoms. The molecule has 0 aliphatic heterocycles. The van der Waals surface area contributed by atoms with E-state index in [1.807, 2.05) is 20.8 Å². The molecular weight excluding hydrogens is 242 g/mol. The summed E-state index contributed by atoms with van der Waals surface area (Å²) < 4.78 is 0. The standard InChI is InChI=1S/C15H27NO3/c1-15(2,3)10-11(14(18)19)9-13(17)16-12-7-5-4-6-8-12/h11-12H,4-10H2,1-3H3,(H,16,17)(H,18,19). The highest BCUT2D eigenvalue weighted by molar-refractivity contribution is 5.82. The molecule has 0 bridgehead atoms. The predicted molar refractivity (Wildman–Crippen MR) is 74.8 cm³/mol. The Labute approximate surface area is 116 Å². The molecular formula is C15H27NO3. The average Bonchev–Trinajstić information content (AvgIpc) is 2.27. The van der Waals surface area contributed by atoms with Gasteiger partial charge in [0.1, 0.15) is 0 Å². The van der Waals surface area contributed by atoms with Crippen molar-refractivity contribution < 1.29 is 14.7 Å². The number of amides is 1. The van der Waals surface area contributed by atoms with Gasteiger partial charge in [-0.25, -0.2) is 0 Å². The van der Waals surface area contributed by atoms with E-state index in [4.69, 9.17) is 0 Å². The Kier molecular flexibility index (Phi) is 5.83. The summed E-state index contributed by atoms with van der Waals surface area (Å²) in [6.07, 6.45) is 6.26. The zero-order chi connectivity index (χ0) is 14.5. The molecule has 0 aromatic heterocycles. The Bertz CT molecular complexity index is 314. The molecule has 1 saturated carbocycles. The van der Waals surface area contributed by atoms with E-state index in [1.54, 1.807) is 0 Å². The Morgan fingerprint density at radius 2 is 1.79 bits per heavy atom. The fourth-order valence-corrected chi connectivity index (χ4v) is 2.74. The number of hydrogen-bond donors (Lipinski definition) is 2. The first-order valence-electron chi connectivity index (χ1n) is 7.30. The van der Waals surface area contributed by atoms with Crippen molar-refractivity contribution in [1.29, 1.82) is 0 Å². The van der Waals surface area contributed by atoms with E-state index in [0.29, 0.717) is 6.42 Å². The summed E-state index contributed by atoms with van der Waals surface area (Å²) in [6, 6.07) is 0.255. The first kappa shape index (κ1) is 16.0. The molecule has 4 nitrogen and oxygen atoms in total. The summed E-state index contributed by atoms with van der Waals surface area (Å²) in [5.74, 6) is -1.55. The average molecular weight is 269 g/mol. The Morgan fingerprint density at radius 3 is 2.26 bits per heavy atom. The van der Waals surface area contributed by atoms with Gasteiger partial charge in [-0.05, 0) is 24.7 Å². The number of nitrogens with one attached hydrogen (secondary N) is 1. The Morgan fingerprint density at radius 1 is 1.21 bits per heavy atom. The monoisotopic (exact) mass is 269 g/mol. The van der Waals surface area contributed by atoms with Crippen molar-refractivity contribution in [2.24, 2.45) is 11.3 Å². The fraction of sp³-hybridized carbons (Fsp3) is 0.867. The van der Waals surface area contributed by atoms with E-state index in [9.17, 15) is 14.7 Å². The molecule has 0 radical (unpaired) electrons. The predicted octanol–water partition coefficient (Wildman–Crippen LogP) is 2.96. The molecule has 1 unspecified atom stereocenters. The van der Waals surface area contributed by atoms with Gasteiger partial charge in [0.25, 0.3) is 0 Å². The van der Waals surface area contributed by atoms with E-state index in [0.717, 1.165) is 25.7 Å². The number of carboxylic acid groups (broad SMARTS) is 1. The molecule has 1 fully saturated rings. The van der Waals surface area contributed by atoms with Crippen LogP contribution in [0.2, 0.25) is 0 Å². The van der Waals surface area contributed by atoms with Gasteiger partial charge in [0, 0.05) is 12.5 Å². The van der Waals surface area contributed by atoms with Crippen LogP contribution in [0.4, 0.5) is 0 Å². The molecule has 0 aromatic carbocycles. The summed E-state index contributed by atoms with van der Waals surface area (Å²) in [5, 5.41) is 12.2. The minimum atomic E-state index is -0.867. The SMILES string of the molecule is CC(C)(C)CC(CC(=O)NC1CCCCC1)C(=O)O. The van der Waals surface area contributed by atoms with Crippen LogP contribution < -0.4 is 5.32 Å². The first-order chi connectivity index (χ1) is 8.78. The van der Waals surface area contributed by atoms with Gasteiger partial charge < -0.3 is 10.4 Å². The molecule has 1 aliphatic rings. The van der Waals surface area contributed by atoms with E-state index in [2.05, 4.69) is 5.32 Å². The third-order valence-corrected chi connectivity index (χ3v) is 3.61. The topological polar surface area (TPSA) is 66.4 Å². The molecule has 0 spiro atoms. The molecule has 1 amide bonds. The van der Waals surface area contributed by atoms with Crippen LogP contribution in [0.5, 0.6) is 0 Å². The number of rotatable bonds is 5. The number of carbonyl (C=O) groups is 2. The number of carboxylic acids is 1. The lowest BCUT2D eigenvalue weighted by Gasteiger charge is -2.25. The summed E-state index contributed by atoms with van der Waals surface area (Å²) >= 11 is 0. The normalized spacial score (nSPS) is 18.9. The van der Waals surface area contributed by atoms with Gasteiger partial charge in [0.15, 0.2) is 0 Å². The summed E-state index contributed by atoms with van der Waals surface area (Å²) in [6.45, 7) is 6.01. The maximum atomic E-state index is 11.9. The highest BCUT2D eigenvalue weighted by Crippen LogP contribution is 2.26. The molecule has 110 valence electrons. The second kappa shape index (κ2) is 6.92. The third kappa shape index (κ3) is 6.60. The van der Waals surface area contributed by atoms with E-state index >= 15 is 0 Å². The van der Waals surface area contributed by atoms with Crippen LogP contribution in [-0.4, -0.2) is 23.0 Å². The lowest BCUT2D eigenvalue weighted by molar-refractivity contribution is -0.145. The maximum absolute atomic E-state index is 11.9. The molecule has 1 atom stereocenters. The first-order valence-corrected chi connectivity index (χ1v) is 7.30. The minimum absolute atomic E-state index is 0.0752. The lowest BCUT2D eigenvalue weighted by atomic mass is 9.83. The summed E-state index contributed by atoms with van der Waals surface area (Å²) in [5.41, 5.74) is -0.0752. The second-order valence-corrected chi connectivity index (χ2v) is 6.91. The fourth-order valence-electron chi connectivity index (χ4n) is 2.74. The van der Waals surface area contributed by atoms with Gasteiger partial charge in [-0.1, -0.05) is 40.0 Å². The smallest absolute Gasteiger partial charge is 0.307 e. The van der Waals surface area contributed by atoms with Crippen molar-refractivity contribution in [1.82, 2.24) is 5.32 Å². The Hall–Kier alpha value is -1.06. The molecule has 0 heterocycles. The number of carbonyl (C=O) groups excluding carboxylic acids is 1. The molecule has 19 heavy (non-hydrogen) atoms. The molecule has 2 N–H and O–H groups in total. The third-order valence-electron chi connectivity index (χ3n) is 3.61. The van der Waals surface area contributed by atoms with E-state index in [-0.39, 0.29) is 23.8 Å². The highest BCUT2D eigenvalue weighted by atomic mass is 16.4. The van der Waals surface area contributed by atoms with Crippen molar-refractivity contribution >= 4 is 11.9 Å². The highest BCUT2D eigenvalue weighted by Gasteiger charge is 2.27. The summed E-state index contributed by atoms with van der Waals surface area (Å²) in [4.78, 5) is 23.2. The number of hydrogen-bond acceptors (Lipinski definition) is 2. The van der Waals surface area contributed by atoms with Crippen molar-refractivity contribution in [2.75, 3.05) is 0 Å². The zero-order valence-corrected chi connectivity index (χ0v) is 12.4. The second-order valence-electron chi connectivity index (χ2n) is 6.91. The van der Waals surface area contributed by atoms with Gasteiger partial charge in [0.05, 0.1) is 5.92 Å². The van der Waals surface area contributed by atoms with Crippen LogP contribution >= 0.6 is 0 Å². The van der Waals surface area contributed by atoms with E-state index in [1.165, 1.54) is 6.42 Å². The molecule has 1 aliphatic carbocycles. The van der Waals surface area contributed by atoms with Crippen molar-refractivity contribution in [3.05, 3.63) is 0 Å². The van der Waals surface area contributed by atoms with Crippen LogP contribution in [0.25, 0.3) is 0 Å². The lowest BCUT2D eigenvalue weighted by Crippen LogP contribution is -2.38. The van der Waals surface area contributed by atoms with Crippen molar-refractivity contribution in [3.8, 4) is 0 Å². The van der Waals surface area contributed by atoms with Crippen LogP contribution in [0.1, 0.15) is 65.7 Å². The van der Waals surface area contributed by atoms with E-state index < -0.39 is 11.9 Å². The van der Waals surface area contributed by atoms with Crippen LogP contribution in [-0.2, 0) is 9.59 Å². The minimum Gasteiger partial charge on any atom is -0.481 e. The van der Waals surface area contributed by atoms with Gasteiger partial charge in [-0.15, -0.1) is 0 Å². The maximum Gasteiger partial charge on any atom is 0.307 e. The quantitative estimate of drug-likeness (QED) is 0.806. The van der Waals surface area contributed by atoms with Crippen molar-refractivity contribution in [2.45, 2.75) is 71.8 Å². The van der Waals surface area contributed by atoms with Gasteiger partial charge in [-0.3, -0.25) is 9.59 Å². The van der Waals surface area contributed by atoms with Crippen LogP contribution in [0, 0.1) is 11.3 Å². The molecule has 1 rings (SSSR count). The van der Waals surface area contributed by atoms with Gasteiger partial charge in [0.2, 0.25) is 5.91 Å². The Balaban J connectivity index is 2.44.